The Bertz CT molecular complexity index is 1170. The van der Waals surface area contributed by atoms with Crippen molar-refractivity contribution in [1.29, 1.82) is 0 Å². The van der Waals surface area contributed by atoms with Gasteiger partial charge in [-0.2, -0.15) is 0 Å². The Morgan fingerprint density at radius 3 is 1.72 bits per heavy atom. The molecule has 0 aromatic heterocycles. The van der Waals surface area contributed by atoms with Gasteiger partial charge < -0.3 is 56.8 Å². The molecule has 15 nitrogen and oxygen atoms in total. The Morgan fingerprint density at radius 2 is 1.06 bits per heavy atom. The van der Waals surface area contributed by atoms with Crippen LogP contribution in [0.4, 0.5) is 0 Å². The van der Waals surface area contributed by atoms with E-state index in [1.165, 1.54) is 0 Å². The molecule has 1 atom stereocenters. The molecule has 53 heavy (non-hydrogen) atoms. The predicted molar refractivity (Wildman–Crippen MR) is 190 cm³/mol. The Labute approximate surface area is 312 Å². The van der Waals surface area contributed by atoms with Crippen LogP contribution in [0, 0.1) is 0 Å². The van der Waals surface area contributed by atoms with Crippen LogP contribution < -0.4 is 4.74 Å². The van der Waals surface area contributed by atoms with E-state index in [0.717, 1.165) is 12.2 Å². The smallest absolute Gasteiger partial charge is 0.338 e. The van der Waals surface area contributed by atoms with E-state index in [1.807, 2.05) is 43.3 Å². The number of unbranched alkanes of at least 4 members (excludes halogenated alkanes) is 1. The van der Waals surface area contributed by atoms with Gasteiger partial charge in [-0.3, -0.25) is 4.79 Å². The van der Waals surface area contributed by atoms with Gasteiger partial charge in [0.1, 0.15) is 39.2 Å². The van der Waals surface area contributed by atoms with Crippen LogP contribution in [-0.4, -0.2) is 130 Å². The molecule has 2 rings (SSSR count). The third kappa shape index (κ3) is 25.9. The first-order valence-corrected chi connectivity index (χ1v) is 18.0. The average molecular weight is 753 g/mol. The van der Waals surface area contributed by atoms with Crippen LogP contribution in [0.2, 0.25) is 0 Å². The normalized spacial score (nSPS) is 11.6. The largest absolute Gasteiger partial charge is 0.468 e. The van der Waals surface area contributed by atoms with Gasteiger partial charge in [0, 0.05) is 13.0 Å². The lowest BCUT2D eigenvalue weighted by molar-refractivity contribution is -0.170. The van der Waals surface area contributed by atoms with E-state index in [2.05, 4.69) is 0 Å². The van der Waals surface area contributed by atoms with Crippen LogP contribution in [0.25, 0.3) is 0 Å². The number of ether oxygens (including phenoxy) is 12. The molecule has 0 spiro atoms. The zero-order valence-corrected chi connectivity index (χ0v) is 30.8. The van der Waals surface area contributed by atoms with Gasteiger partial charge in [-0.25, -0.2) is 9.59 Å². The molecule has 0 fully saturated rings. The summed E-state index contributed by atoms with van der Waals surface area (Å²) in [5.74, 6) is -0.430. The maximum atomic E-state index is 12.4. The predicted octanol–water partition coefficient (Wildman–Crippen LogP) is 4.35. The second kappa shape index (κ2) is 32.9. The molecule has 2 aromatic rings. The lowest BCUT2D eigenvalue weighted by atomic mass is 10.2. The molecule has 1 unspecified atom stereocenters. The number of benzene rings is 2. The Hall–Kier alpha value is -3.67. The molecule has 2 aromatic carbocycles. The van der Waals surface area contributed by atoms with Crippen molar-refractivity contribution in [3.8, 4) is 5.75 Å². The van der Waals surface area contributed by atoms with E-state index in [0.29, 0.717) is 57.9 Å². The molecule has 0 bridgehead atoms. The molecule has 0 saturated heterocycles. The number of hydrogen-bond acceptors (Lipinski definition) is 15. The quantitative estimate of drug-likeness (QED) is 0.0423. The van der Waals surface area contributed by atoms with E-state index < -0.39 is 12.1 Å². The second-order valence-corrected chi connectivity index (χ2v) is 11.1. The Balaban J connectivity index is 1.29. The zero-order chi connectivity index (χ0) is 37.9. The molecule has 0 aliphatic carbocycles. The van der Waals surface area contributed by atoms with Gasteiger partial charge in [-0.05, 0) is 43.5 Å². The summed E-state index contributed by atoms with van der Waals surface area (Å²) in [4.78, 5) is 36.1. The van der Waals surface area contributed by atoms with Crippen molar-refractivity contribution in [2.75, 3.05) is 106 Å². The standard InChI is InChI=1S/C38H56O15/c1-2-11-35(38(41)51-29-26-44-19-22-47-31-52-34-14-7-4-8-15-34)53-32-48-23-20-42-24-27-49-36(39)16-9-10-17-45-30-46-21-18-43-25-28-50-37(40)33-12-5-3-6-13-33/h3-8,12-15,35H,2,9-11,16-32H2,1H3. The summed E-state index contributed by atoms with van der Waals surface area (Å²) in [5, 5.41) is 0. The summed E-state index contributed by atoms with van der Waals surface area (Å²) in [5.41, 5.74) is 0.501. The van der Waals surface area contributed by atoms with Gasteiger partial charge in [-0.15, -0.1) is 0 Å². The molecule has 0 radical (unpaired) electrons. The maximum Gasteiger partial charge on any atom is 0.338 e. The number of carbonyl (C=O) groups excluding carboxylic acids is 3. The minimum atomic E-state index is -0.735. The molecule has 15 heteroatoms. The number of carbonyl (C=O) groups is 3. The van der Waals surface area contributed by atoms with Gasteiger partial charge >= 0.3 is 17.9 Å². The van der Waals surface area contributed by atoms with E-state index in [-0.39, 0.29) is 91.6 Å². The highest BCUT2D eigenvalue weighted by Crippen LogP contribution is 2.08. The first kappa shape index (κ1) is 45.5. The molecular weight excluding hydrogens is 696 g/mol. The van der Waals surface area contributed by atoms with Gasteiger partial charge in [0.25, 0.3) is 0 Å². The molecule has 0 aliphatic rings. The SMILES string of the molecule is CCCC(OCOCCOCCOC(=O)CCCCOCOCCOCCOC(=O)c1ccccc1)C(=O)OCCOCCOCOc1ccccc1. The van der Waals surface area contributed by atoms with Crippen molar-refractivity contribution < 1.29 is 71.2 Å². The van der Waals surface area contributed by atoms with Crippen LogP contribution in [-0.2, 0) is 61.7 Å². The lowest BCUT2D eigenvalue weighted by Gasteiger charge is -2.16. The van der Waals surface area contributed by atoms with Crippen LogP contribution >= 0.6 is 0 Å². The number of hydrogen-bond donors (Lipinski definition) is 0. The van der Waals surface area contributed by atoms with Crippen molar-refractivity contribution in [3.05, 3.63) is 66.2 Å². The molecule has 0 heterocycles. The van der Waals surface area contributed by atoms with Crippen LogP contribution in [0.1, 0.15) is 49.4 Å². The third-order valence-corrected chi connectivity index (χ3v) is 6.85. The summed E-state index contributed by atoms with van der Waals surface area (Å²) in [6.07, 6.45) is 2.09. The van der Waals surface area contributed by atoms with Crippen molar-refractivity contribution in [2.45, 2.75) is 45.1 Å². The van der Waals surface area contributed by atoms with Crippen molar-refractivity contribution in [1.82, 2.24) is 0 Å². The fourth-order valence-electron chi connectivity index (χ4n) is 4.15. The Kier molecular flexibility index (Phi) is 28.3. The highest BCUT2D eigenvalue weighted by Gasteiger charge is 2.20. The molecule has 0 aliphatic heterocycles. The number of para-hydroxylation sites is 1. The molecule has 0 saturated carbocycles. The number of rotatable bonds is 35. The van der Waals surface area contributed by atoms with Crippen molar-refractivity contribution in [3.63, 3.8) is 0 Å². The number of esters is 3. The summed E-state index contributed by atoms with van der Waals surface area (Å²) in [7, 11) is 0. The van der Waals surface area contributed by atoms with Crippen LogP contribution in [0.5, 0.6) is 5.75 Å². The second-order valence-electron chi connectivity index (χ2n) is 11.1. The zero-order valence-electron chi connectivity index (χ0n) is 30.8. The third-order valence-electron chi connectivity index (χ3n) is 6.85. The first-order valence-electron chi connectivity index (χ1n) is 18.0. The van der Waals surface area contributed by atoms with E-state index >= 15 is 0 Å². The molecule has 0 N–H and O–H groups in total. The Morgan fingerprint density at radius 1 is 0.528 bits per heavy atom. The van der Waals surface area contributed by atoms with Crippen LogP contribution in [0.15, 0.2) is 60.7 Å². The van der Waals surface area contributed by atoms with Gasteiger partial charge in [0.2, 0.25) is 0 Å². The van der Waals surface area contributed by atoms with E-state index in [9.17, 15) is 14.4 Å². The minimum Gasteiger partial charge on any atom is -0.468 e. The highest BCUT2D eigenvalue weighted by atomic mass is 16.7. The van der Waals surface area contributed by atoms with Gasteiger partial charge in [0.05, 0.1) is 65.0 Å². The van der Waals surface area contributed by atoms with Crippen molar-refractivity contribution >= 4 is 17.9 Å². The first-order chi connectivity index (χ1) is 26.1. The fourth-order valence-corrected chi connectivity index (χ4v) is 4.15. The molecule has 0 amide bonds. The fraction of sp³-hybridized carbons (Fsp3) is 0.605. The topological polar surface area (TPSA) is 162 Å². The highest BCUT2D eigenvalue weighted by molar-refractivity contribution is 5.89. The van der Waals surface area contributed by atoms with E-state index in [4.69, 9.17) is 56.8 Å². The van der Waals surface area contributed by atoms with Gasteiger partial charge in [-0.1, -0.05) is 49.7 Å². The van der Waals surface area contributed by atoms with E-state index in [1.54, 1.807) is 24.3 Å². The summed E-state index contributed by atoms with van der Waals surface area (Å²) < 4.78 is 64.2. The monoisotopic (exact) mass is 752 g/mol. The summed E-state index contributed by atoms with van der Waals surface area (Å²) in [6.45, 7) is 5.63. The minimum absolute atomic E-state index is 0.0862. The average Bonchev–Trinajstić information content (AvgIpc) is 3.18. The van der Waals surface area contributed by atoms with Gasteiger partial charge in [0.15, 0.2) is 12.9 Å². The molecule has 298 valence electrons. The summed E-state index contributed by atoms with van der Waals surface area (Å²) >= 11 is 0. The van der Waals surface area contributed by atoms with Crippen molar-refractivity contribution in [2.24, 2.45) is 0 Å². The molecular formula is C38H56O15. The summed E-state index contributed by atoms with van der Waals surface area (Å²) in [6, 6.07) is 18.1. The van der Waals surface area contributed by atoms with Crippen LogP contribution in [0.3, 0.4) is 0 Å². The lowest BCUT2D eigenvalue weighted by Crippen LogP contribution is -2.29. The maximum absolute atomic E-state index is 12.4.